The van der Waals surface area contributed by atoms with E-state index in [0.717, 1.165) is 16.3 Å². The van der Waals surface area contributed by atoms with Crippen LogP contribution in [0.3, 0.4) is 0 Å². The molecule has 6 nitrogen and oxygen atoms in total. The van der Waals surface area contributed by atoms with Gasteiger partial charge in [-0.15, -0.1) is 11.3 Å². The standard InChI is InChI=1S/C16H20N2O4S/c1-20-7-6-17-15(19)9-12-10-23-16(18-12)11-4-5-13(21-2)14(8-11)22-3/h4-5,8,10H,6-7,9H2,1-3H3,(H,17,19). The van der Waals surface area contributed by atoms with E-state index < -0.39 is 0 Å². The smallest absolute Gasteiger partial charge is 0.226 e. The maximum Gasteiger partial charge on any atom is 0.226 e. The molecule has 0 aliphatic carbocycles. The van der Waals surface area contributed by atoms with Crippen LogP contribution in [0.4, 0.5) is 0 Å². The van der Waals surface area contributed by atoms with E-state index in [0.29, 0.717) is 24.7 Å². The highest BCUT2D eigenvalue weighted by Gasteiger charge is 2.11. The summed E-state index contributed by atoms with van der Waals surface area (Å²) in [6, 6.07) is 5.63. The molecule has 7 heteroatoms. The van der Waals surface area contributed by atoms with Gasteiger partial charge in [0.05, 0.1) is 32.9 Å². The van der Waals surface area contributed by atoms with Crippen molar-refractivity contribution in [3.05, 3.63) is 29.3 Å². The molecule has 23 heavy (non-hydrogen) atoms. The molecule has 0 aliphatic heterocycles. The molecule has 0 aliphatic rings. The first-order chi connectivity index (χ1) is 11.2. The van der Waals surface area contributed by atoms with Crippen molar-refractivity contribution in [2.75, 3.05) is 34.5 Å². The number of ether oxygens (including phenoxy) is 3. The molecule has 0 unspecified atom stereocenters. The minimum atomic E-state index is -0.0637. The number of hydrogen-bond acceptors (Lipinski definition) is 6. The molecule has 1 N–H and O–H groups in total. The van der Waals surface area contributed by atoms with Gasteiger partial charge in [0.15, 0.2) is 11.5 Å². The predicted octanol–water partition coefficient (Wildman–Crippen LogP) is 2.13. The SMILES string of the molecule is COCCNC(=O)Cc1csc(-c2ccc(OC)c(OC)c2)n1. The van der Waals surface area contributed by atoms with E-state index in [4.69, 9.17) is 14.2 Å². The number of hydrogen-bond donors (Lipinski definition) is 1. The Bertz CT molecular complexity index is 657. The highest BCUT2D eigenvalue weighted by molar-refractivity contribution is 7.13. The van der Waals surface area contributed by atoms with Crippen LogP contribution in [0.5, 0.6) is 11.5 Å². The zero-order chi connectivity index (χ0) is 16.7. The third-order valence-electron chi connectivity index (χ3n) is 3.15. The van der Waals surface area contributed by atoms with Gasteiger partial charge in [-0.1, -0.05) is 0 Å². The second-order valence-corrected chi connectivity index (χ2v) is 5.59. The van der Waals surface area contributed by atoms with Crippen molar-refractivity contribution in [1.29, 1.82) is 0 Å². The number of rotatable bonds is 8. The van der Waals surface area contributed by atoms with Gasteiger partial charge in [0, 0.05) is 24.6 Å². The summed E-state index contributed by atoms with van der Waals surface area (Å²) < 4.78 is 15.4. The van der Waals surface area contributed by atoms with Crippen molar-refractivity contribution >= 4 is 17.2 Å². The Balaban J connectivity index is 2.05. The van der Waals surface area contributed by atoms with Crippen LogP contribution in [-0.2, 0) is 16.0 Å². The molecule has 0 fully saturated rings. The Kier molecular flexibility index (Phi) is 6.37. The number of benzene rings is 1. The van der Waals surface area contributed by atoms with Gasteiger partial charge in [0.2, 0.25) is 5.91 Å². The van der Waals surface area contributed by atoms with Gasteiger partial charge >= 0.3 is 0 Å². The van der Waals surface area contributed by atoms with Crippen LogP contribution >= 0.6 is 11.3 Å². The lowest BCUT2D eigenvalue weighted by Gasteiger charge is -2.08. The van der Waals surface area contributed by atoms with Crippen LogP contribution in [0.2, 0.25) is 0 Å². The number of carbonyl (C=O) groups is 1. The molecule has 0 saturated carbocycles. The molecule has 1 heterocycles. The van der Waals surface area contributed by atoms with Crippen LogP contribution in [-0.4, -0.2) is 45.4 Å². The molecule has 1 amide bonds. The summed E-state index contributed by atoms with van der Waals surface area (Å²) in [5.74, 6) is 1.26. The van der Waals surface area contributed by atoms with Crippen molar-refractivity contribution in [2.45, 2.75) is 6.42 Å². The van der Waals surface area contributed by atoms with Crippen molar-refractivity contribution < 1.29 is 19.0 Å². The second-order valence-electron chi connectivity index (χ2n) is 4.73. The first-order valence-corrected chi connectivity index (χ1v) is 7.98. The summed E-state index contributed by atoms with van der Waals surface area (Å²) in [6.07, 6.45) is 0.257. The van der Waals surface area contributed by atoms with Crippen molar-refractivity contribution in [3.8, 4) is 22.1 Å². The lowest BCUT2D eigenvalue weighted by Crippen LogP contribution is -2.28. The number of nitrogens with one attached hydrogen (secondary N) is 1. The maximum absolute atomic E-state index is 11.8. The quantitative estimate of drug-likeness (QED) is 0.748. The minimum absolute atomic E-state index is 0.0637. The summed E-state index contributed by atoms with van der Waals surface area (Å²) in [5, 5.41) is 5.51. The van der Waals surface area contributed by atoms with Crippen LogP contribution in [0.25, 0.3) is 10.6 Å². The fraction of sp³-hybridized carbons (Fsp3) is 0.375. The predicted molar refractivity (Wildman–Crippen MR) is 89.2 cm³/mol. The zero-order valence-corrected chi connectivity index (χ0v) is 14.2. The summed E-state index contributed by atoms with van der Waals surface area (Å²) in [5.41, 5.74) is 1.67. The first kappa shape index (κ1) is 17.2. The topological polar surface area (TPSA) is 69.7 Å². The zero-order valence-electron chi connectivity index (χ0n) is 13.4. The third kappa shape index (κ3) is 4.67. The van der Waals surface area contributed by atoms with Crippen LogP contribution in [0, 0.1) is 0 Å². The van der Waals surface area contributed by atoms with Crippen molar-refractivity contribution in [1.82, 2.24) is 10.3 Å². The Labute approximate surface area is 139 Å². The summed E-state index contributed by atoms with van der Waals surface area (Å²) in [7, 11) is 4.79. The summed E-state index contributed by atoms with van der Waals surface area (Å²) >= 11 is 1.49. The third-order valence-corrected chi connectivity index (χ3v) is 4.09. The highest BCUT2D eigenvalue weighted by Crippen LogP contribution is 2.33. The van der Waals surface area contributed by atoms with E-state index in [1.807, 2.05) is 23.6 Å². The van der Waals surface area contributed by atoms with E-state index in [-0.39, 0.29) is 12.3 Å². The van der Waals surface area contributed by atoms with Gasteiger partial charge in [0.25, 0.3) is 0 Å². The molecule has 124 valence electrons. The van der Waals surface area contributed by atoms with E-state index in [1.54, 1.807) is 21.3 Å². The molecule has 1 aromatic heterocycles. The molecule has 0 saturated heterocycles. The van der Waals surface area contributed by atoms with E-state index in [1.165, 1.54) is 11.3 Å². The van der Waals surface area contributed by atoms with Gasteiger partial charge in [-0.25, -0.2) is 4.98 Å². The molecular formula is C16H20N2O4S. The maximum atomic E-state index is 11.8. The molecule has 0 atom stereocenters. The Morgan fingerprint density at radius 3 is 2.70 bits per heavy atom. The van der Waals surface area contributed by atoms with Crippen LogP contribution in [0.1, 0.15) is 5.69 Å². The highest BCUT2D eigenvalue weighted by atomic mass is 32.1. The average Bonchev–Trinajstić information content (AvgIpc) is 3.02. The Morgan fingerprint density at radius 2 is 2.00 bits per heavy atom. The molecule has 0 spiro atoms. The number of nitrogens with zero attached hydrogens (tertiary/aromatic N) is 1. The second kappa shape index (κ2) is 8.50. The monoisotopic (exact) mass is 336 g/mol. The van der Waals surface area contributed by atoms with E-state index in [9.17, 15) is 4.79 Å². The fourth-order valence-electron chi connectivity index (χ4n) is 2.01. The summed E-state index contributed by atoms with van der Waals surface area (Å²) in [6.45, 7) is 1.00. The number of amides is 1. The minimum Gasteiger partial charge on any atom is -0.493 e. The molecule has 1 aromatic carbocycles. The number of aromatic nitrogens is 1. The van der Waals surface area contributed by atoms with Gasteiger partial charge in [0.1, 0.15) is 5.01 Å². The molecule has 0 radical (unpaired) electrons. The Morgan fingerprint density at radius 1 is 1.22 bits per heavy atom. The summed E-state index contributed by atoms with van der Waals surface area (Å²) in [4.78, 5) is 16.3. The number of carbonyl (C=O) groups excluding carboxylic acids is 1. The van der Waals surface area contributed by atoms with Crippen molar-refractivity contribution in [3.63, 3.8) is 0 Å². The van der Waals surface area contributed by atoms with Crippen LogP contribution in [0.15, 0.2) is 23.6 Å². The fourth-order valence-corrected chi connectivity index (χ4v) is 2.83. The molecule has 2 rings (SSSR count). The molecule has 0 bridgehead atoms. The molecular weight excluding hydrogens is 316 g/mol. The number of thiazole rings is 1. The molecule has 2 aromatic rings. The van der Waals surface area contributed by atoms with Gasteiger partial charge in [-0.3, -0.25) is 4.79 Å². The van der Waals surface area contributed by atoms with E-state index in [2.05, 4.69) is 10.3 Å². The first-order valence-electron chi connectivity index (χ1n) is 7.10. The van der Waals surface area contributed by atoms with Gasteiger partial charge in [-0.2, -0.15) is 0 Å². The average molecular weight is 336 g/mol. The number of methoxy groups -OCH3 is 3. The van der Waals surface area contributed by atoms with Crippen molar-refractivity contribution in [2.24, 2.45) is 0 Å². The lowest BCUT2D eigenvalue weighted by molar-refractivity contribution is -0.120. The van der Waals surface area contributed by atoms with Gasteiger partial charge in [-0.05, 0) is 18.2 Å². The van der Waals surface area contributed by atoms with E-state index >= 15 is 0 Å². The normalized spacial score (nSPS) is 10.4. The lowest BCUT2D eigenvalue weighted by atomic mass is 10.2. The van der Waals surface area contributed by atoms with Gasteiger partial charge < -0.3 is 19.5 Å². The Hall–Kier alpha value is -2.12. The largest absolute Gasteiger partial charge is 0.493 e. The van der Waals surface area contributed by atoms with Crippen LogP contribution < -0.4 is 14.8 Å².